The van der Waals surface area contributed by atoms with Crippen molar-refractivity contribution in [2.75, 3.05) is 18.6 Å². The van der Waals surface area contributed by atoms with E-state index in [2.05, 4.69) is 15.7 Å². The Morgan fingerprint density at radius 1 is 0.939 bits per heavy atom. The largest absolute Gasteiger partial charge is 0.466 e. The summed E-state index contributed by atoms with van der Waals surface area (Å²) in [6, 6.07) is 19.1. The average Bonchev–Trinajstić information content (AvgIpc) is 3.51. The fourth-order valence-electron chi connectivity index (χ4n) is 6.24. The summed E-state index contributed by atoms with van der Waals surface area (Å²) in [5.41, 5.74) is 2.08. The number of ether oxygens (including phenoxy) is 1. The van der Waals surface area contributed by atoms with Gasteiger partial charge in [-0.1, -0.05) is 48.5 Å². The van der Waals surface area contributed by atoms with Gasteiger partial charge < -0.3 is 15.4 Å². The highest BCUT2D eigenvalue weighted by Crippen LogP contribution is 2.42. The second-order valence-corrected chi connectivity index (χ2v) is 11.6. The van der Waals surface area contributed by atoms with Crippen molar-refractivity contribution in [1.29, 1.82) is 0 Å². The van der Waals surface area contributed by atoms with Crippen LogP contribution in [0.15, 0.2) is 96.2 Å². The molecular formula is C36H32F3N5O5. The van der Waals surface area contributed by atoms with Gasteiger partial charge in [-0.05, 0) is 61.2 Å². The minimum atomic E-state index is -4.66. The first-order valence-electron chi connectivity index (χ1n) is 15.6. The fourth-order valence-corrected chi connectivity index (χ4v) is 6.24. The van der Waals surface area contributed by atoms with E-state index in [1.165, 1.54) is 18.1 Å². The van der Waals surface area contributed by atoms with Crippen molar-refractivity contribution in [1.82, 2.24) is 20.4 Å². The zero-order valence-corrected chi connectivity index (χ0v) is 26.6. The van der Waals surface area contributed by atoms with E-state index in [1.54, 1.807) is 42.1 Å². The third kappa shape index (κ3) is 6.43. The number of aromatic nitrogens is 2. The highest BCUT2D eigenvalue weighted by molar-refractivity contribution is 6.06. The summed E-state index contributed by atoms with van der Waals surface area (Å²) < 4.78 is 46.8. The van der Waals surface area contributed by atoms with Crippen molar-refractivity contribution in [2.45, 2.75) is 44.4 Å². The van der Waals surface area contributed by atoms with Crippen LogP contribution in [0.5, 0.6) is 0 Å². The van der Waals surface area contributed by atoms with E-state index in [0.717, 1.165) is 18.2 Å². The van der Waals surface area contributed by atoms with Crippen LogP contribution in [0.2, 0.25) is 0 Å². The van der Waals surface area contributed by atoms with E-state index in [4.69, 9.17) is 4.74 Å². The summed E-state index contributed by atoms with van der Waals surface area (Å²) in [4.78, 5) is 54.1. The number of carbonyl (C=O) groups excluding carboxylic acids is 4. The molecule has 2 atom stereocenters. The van der Waals surface area contributed by atoms with Gasteiger partial charge in [-0.3, -0.25) is 19.3 Å². The average molecular weight is 672 g/mol. The number of halogens is 3. The Labute approximate surface area is 279 Å². The fraction of sp³-hybridized carbons (Fsp3) is 0.250. The zero-order chi connectivity index (χ0) is 34.9. The van der Waals surface area contributed by atoms with Crippen molar-refractivity contribution in [2.24, 2.45) is 0 Å². The molecule has 0 fully saturated rings. The van der Waals surface area contributed by atoms with Crippen LogP contribution in [-0.2, 0) is 31.8 Å². The van der Waals surface area contributed by atoms with Crippen molar-refractivity contribution in [3.8, 4) is 5.69 Å². The van der Waals surface area contributed by atoms with Gasteiger partial charge in [0.15, 0.2) is 0 Å². The van der Waals surface area contributed by atoms with Crippen molar-refractivity contribution in [3.63, 3.8) is 0 Å². The molecule has 3 aromatic carbocycles. The maximum Gasteiger partial charge on any atom is 0.416 e. The molecule has 0 unspecified atom stereocenters. The molecule has 252 valence electrons. The number of para-hydroxylation sites is 1. The summed E-state index contributed by atoms with van der Waals surface area (Å²) in [6.07, 6.45) is -2.12. The number of nitrogens with one attached hydrogen (secondary N) is 2. The number of hydrogen-bond acceptors (Lipinski definition) is 6. The molecule has 0 spiro atoms. The number of amides is 3. The molecule has 0 saturated carbocycles. The number of anilines is 1. The monoisotopic (exact) mass is 671 g/mol. The van der Waals surface area contributed by atoms with Gasteiger partial charge >= 0.3 is 12.1 Å². The number of methoxy groups -OCH3 is 1. The predicted octanol–water partition coefficient (Wildman–Crippen LogP) is 5.07. The van der Waals surface area contributed by atoms with Crippen molar-refractivity contribution < 1.29 is 37.1 Å². The highest BCUT2D eigenvalue weighted by atomic mass is 19.4. The molecule has 1 aromatic heterocycles. The lowest BCUT2D eigenvalue weighted by molar-refractivity contribution is -0.138. The van der Waals surface area contributed by atoms with Crippen LogP contribution in [-0.4, -0.2) is 53.2 Å². The molecule has 2 aliphatic rings. The second-order valence-electron chi connectivity index (χ2n) is 11.6. The summed E-state index contributed by atoms with van der Waals surface area (Å²) in [7, 11) is 1.26. The number of esters is 1. The lowest BCUT2D eigenvalue weighted by atomic mass is 9.81. The van der Waals surface area contributed by atoms with Gasteiger partial charge in [0.25, 0.3) is 11.8 Å². The van der Waals surface area contributed by atoms with Gasteiger partial charge in [-0.15, -0.1) is 0 Å². The number of likely N-dealkylation sites (N-methyl/N-ethyl adjacent to an activating group) is 1. The number of alkyl halides is 3. The highest BCUT2D eigenvalue weighted by Gasteiger charge is 2.44. The van der Waals surface area contributed by atoms with E-state index in [-0.39, 0.29) is 24.6 Å². The summed E-state index contributed by atoms with van der Waals surface area (Å²) in [5, 5.41) is 10.2. The van der Waals surface area contributed by atoms with Gasteiger partial charge in [0.05, 0.1) is 24.6 Å². The Bertz CT molecular complexity index is 1970. The van der Waals surface area contributed by atoms with Gasteiger partial charge in [0, 0.05) is 41.3 Å². The van der Waals surface area contributed by atoms with Crippen LogP contribution in [0.3, 0.4) is 0 Å². The number of fused-ring (bicyclic) bond motifs is 1. The zero-order valence-electron chi connectivity index (χ0n) is 26.6. The van der Waals surface area contributed by atoms with Crippen LogP contribution in [0.1, 0.15) is 58.3 Å². The second kappa shape index (κ2) is 13.4. The molecule has 3 amide bonds. The maximum atomic E-state index is 14.3. The molecule has 10 nitrogen and oxygen atoms in total. The smallest absolute Gasteiger partial charge is 0.416 e. The molecule has 2 N–H and O–H groups in total. The van der Waals surface area contributed by atoms with E-state index in [9.17, 15) is 32.3 Å². The number of benzene rings is 3. The first kappa shape index (κ1) is 33.2. The van der Waals surface area contributed by atoms with E-state index >= 15 is 0 Å². The Morgan fingerprint density at radius 2 is 1.67 bits per heavy atom. The molecule has 13 heteroatoms. The molecule has 6 rings (SSSR count). The van der Waals surface area contributed by atoms with Crippen molar-refractivity contribution >= 4 is 29.5 Å². The van der Waals surface area contributed by atoms with Crippen molar-refractivity contribution in [3.05, 3.63) is 124 Å². The van der Waals surface area contributed by atoms with Crippen LogP contribution < -0.4 is 15.5 Å². The predicted molar refractivity (Wildman–Crippen MR) is 173 cm³/mol. The number of rotatable bonds is 9. The summed E-state index contributed by atoms with van der Waals surface area (Å²) >= 11 is 0. The van der Waals surface area contributed by atoms with E-state index < -0.39 is 41.5 Å². The number of hydrogen-bond donors (Lipinski definition) is 2. The SMILES string of the molecule is CCN1C(=O)[C@@H](NC(=O)c2cccc(C(F)(F)F)c2)[C@H](c2cccc(CNC(=O)C3=C(C(=O)OC)CC3)c2)c2cnn(-c3ccccc3)c21. The molecule has 0 saturated heterocycles. The van der Waals surface area contributed by atoms with Gasteiger partial charge in [-0.25, -0.2) is 9.48 Å². The molecule has 1 aliphatic carbocycles. The topological polar surface area (TPSA) is 123 Å². The minimum absolute atomic E-state index is 0.101. The van der Waals surface area contributed by atoms with E-state index in [0.29, 0.717) is 52.2 Å². The number of carbonyl (C=O) groups is 4. The maximum absolute atomic E-state index is 14.3. The van der Waals surface area contributed by atoms with E-state index in [1.807, 2.05) is 30.3 Å². The Morgan fingerprint density at radius 3 is 2.35 bits per heavy atom. The molecule has 4 aromatic rings. The molecule has 1 aliphatic heterocycles. The Hall–Kier alpha value is -5.72. The van der Waals surface area contributed by atoms with Gasteiger partial charge in [0.2, 0.25) is 5.91 Å². The van der Waals surface area contributed by atoms with Gasteiger partial charge in [0.1, 0.15) is 11.9 Å². The van der Waals surface area contributed by atoms with Crippen LogP contribution >= 0.6 is 0 Å². The normalized spacial score (nSPS) is 17.2. The van der Waals surface area contributed by atoms with Gasteiger partial charge in [-0.2, -0.15) is 18.3 Å². The molecule has 0 bridgehead atoms. The Kier molecular flexibility index (Phi) is 9.09. The third-order valence-corrected chi connectivity index (χ3v) is 8.74. The quantitative estimate of drug-likeness (QED) is 0.240. The first-order chi connectivity index (χ1) is 23.5. The molecular weight excluding hydrogens is 639 g/mol. The third-order valence-electron chi connectivity index (χ3n) is 8.74. The standard InChI is InChI=1S/C36H32F3N5O5/c1-3-43-33-28(20-41-44(33)25-13-5-4-6-14-25)29(30(34(43)47)42-31(45)23-11-8-12-24(18-23)36(37,38)39)22-10-7-9-21(17-22)19-40-32(46)26-15-16-27(26)35(48)49-2/h4-14,17-18,20,29-30H,3,15-16,19H2,1-2H3,(H,40,46)(H,42,45)/t29-,30+/m1/s1. The van der Waals surface area contributed by atoms with Crippen LogP contribution in [0, 0.1) is 0 Å². The molecule has 2 heterocycles. The van der Waals surface area contributed by atoms with Crippen LogP contribution in [0.25, 0.3) is 5.69 Å². The summed E-state index contributed by atoms with van der Waals surface area (Å²) in [5.74, 6) is -2.53. The first-order valence-corrected chi connectivity index (χ1v) is 15.6. The Balaban J connectivity index is 1.38. The minimum Gasteiger partial charge on any atom is -0.466 e. The lowest BCUT2D eigenvalue weighted by Crippen LogP contribution is -2.55. The molecule has 0 radical (unpaired) electrons. The number of nitrogens with zero attached hydrogens (tertiary/aromatic N) is 3. The lowest BCUT2D eigenvalue weighted by Gasteiger charge is -2.38. The molecule has 49 heavy (non-hydrogen) atoms. The summed E-state index contributed by atoms with van der Waals surface area (Å²) in [6.45, 7) is 2.11. The van der Waals surface area contributed by atoms with Crippen LogP contribution in [0.4, 0.5) is 19.0 Å².